The normalized spacial score (nSPS) is 30.1. The number of hydrogen-bond donors (Lipinski definition) is 0. The van der Waals surface area contributed by atoms with Crippen molar-refractivity contribution in [2.75, 3.05) is 0 Å². The molecule has 0 amide bonds. The minimum Gasteiger partial charge on any atom is -0.411 e. The molecule has 2 aliphatic rings. The van der Waals surface area contributed by atoms with Crippen LogP contribution in [0.5, 0.6) is 0 Å². The first-order valence-electron chi connectivity index (χ1n) is 4.44. The summed E-state index contributed by atoms with van der Waals surface area (Å²) in [5.74, 6) is -2.10. The Bertz CT molecular complexity index is 378. The van der Waals surface area contributed by atoms with Crippen LogP contribution in [0.4, 0.5) is 0 Å². The maximum Gasteiger partial charge on any atom is 0.337 e. The summed E-state index contributed by atoms with van der Waals surface area (Å²) in [6, 6.07) is 0. The molecule has 0 saturated carbocycles. The molecule has 0 aromatic rings. The van der Waals surface area contributed by atoms with Gasteiger partial charge in [-0.3, -0.25) is 0 Å². The third-order valence-corrected chi connectivity index (χ3v) is 2.26. The lowest BCUT2D eigenvalue weighted by Gasteiger charge is -2.16. The van der Waals surface area contributed by atoms with Crippen LogP contribution in [0, 0.1) is 0 Å². The molecular weight excluding hydrogens is 184 g/mol. The van der Waals surface area contributed by atoms with E-state index in [1.54, 1.807) is 13.0 Å². The topological polar surface area (TPSA) is 52.6 Å². The molecule has 4 heteroatoms. The molecule has 2 heterocycles. The van der Waals surface area contributed by atoms with E-state index in [0.29, 0.717) is 17.6 Å². The van der Waals surface area contributed by atoms with Crippen molar-refractivity contribution < 1.29 is 19.1 Å². The first-order valence-corrected chi connectivity index (χ1v) is 4.44. The standard InChI is InChI=1S/C10H10O4/c1-3-7-5-10(14-9(7)12)4-6(2)8(11)13-10/h4-5H,3H2,1-2H3. The first-order chi connectivity index (χ1) is 6.56. The van der Waals surface area contributed by atoms with E-state index in [4.69, 9.17) is 9.47 Å². The maximum absolute atomic E-state index is 11.3. The number of ether oxygens (including phenoxy) is 2. The molecule has 0 aliphatic carbocycles. The van der Waals surface area contributed by atoms with Gasteiger partial charge in [0.15, 0.2) is 0 Å². The van der Waals surface area contributed by atoms with Gasteiger partial charge in [0.2, 0.25) is 0 Å². The van der Waals surface area contributed by atoms with Crippen LogP contribution in [0.3, 0.4) is 0 Å². The second kappa shape index (κ2) is 2.70. The molecule has 74 valence electrons. The van der Waals surface area contributed by atoms with Gasteiger partial charge in [-0.15, -0.1) is 0 Å². The lowest BCUT2D eigenvalue weighted by molar-refractivity contribution is -0.182. The largest absolute Gasteiger partial charge is 0.411 e. The zero-order valence-electron chi connectivity index (χ0n) is 7.99. The highest BCUT2D eigenvalue weighted by molar-refractivity contribution is 5.96. The van der Waals surface area contributed by atoms with Crippen LogP contribution < -0.4 is 0 Å². The lowest BCUT2D eigenvalue weighted by atomic mass is 10.1. The fourth-order valence-corrected chi connectivity index (χ4v) is 1.53. The van der Waals surface area contributed by atoms with Gasteiger partial charge in [-0.05, 0) is 13.3 Å². The van der Waals surface area contributed by atoms with Gasteiger partial charge in [0.05, 0.1) is 0 Å². The smallest absolute Gasteiger partial charge is 0.337 e. The van der Waals surface area contributed by atoms with Crippen molar-refractivity contribution in [1.29, 1.82) is 0 Å². The fourth-order valence-electron chi connectivity index (χ4n) is 1.53. The van der Waals surface area contributed by atoms with E-state index in [2.05, 4.69) is 0 Å². The van der Waals surface area contributed by atoms with E-state index in [0.717, 1.165) is 0 Å². The monoisotopic (exact) mass is 194 g/mol. The third-order valence-electron chi connectivity index (χ3n) is 2.26. The van der Waals surface area contributed by atoms with Crippen LogP contribution in [0.2, 0.25) is 0 Å². The lowest BCUT2D eigenvalue weighted by Crippen LogP contribution is -2.27. The molecule has 0 N–H and O–H groups in total. The van der Waals surface area contributed by atoms with E-state index in [1.807, 2.05) is 6.92 Å². The summed E-state index contributed by atoms with van der Waals surface area (Å²) in [7, 11) is 0. The van der Waals surface area contributed by atoms with E-state index < -0.39 is 17.7 Å². The summed E-state index contributed by atoms with van der Waals surface area (Å²) in [6.45, 7) is 3.47. The van der Waals surface area contributed by atoms with Gasteiger partial charge in [0, 0.05) is 23.3 Å². The first kappa shape index (κ1) is 8.99. The fraction of sp³-hybridized carbons (Fsp3) is 0.400. The van der Waals surface area contributed by atoms with Crippen molar-refractivity contribution in [2.24, 2.45) is 0 Å². The summed E-state index contributed by atoms with van der Waals surface area (Å²) < 4.78 is 9.98. The molecule has 4 nitrogen and oxygen atoms in total. The molecule has 14 heavy (non-hydrogen) atoms. The van der Waals surface area contributed by atoms with Crippen LogP contribution >= 0.6 is 0 Å². The van der Waals surface area contributed by atoms with Crippen molar-refractivity contribution in [3.05, 3.63) is 23.3 Å². The predicted octanol–water partition coefficient (Wildman–Crippen LogP) is 1.08. The van der Waals surface area contributed by atoms with Crippen molar-refractivity contribution >= 4 is 11.9 Å². The number of esters is 2. The van der Waals surface area contributed by atoms with Crippen molar-refractivity contribution in [2.45, 2.75) is 26.1 Å². The molecule has 0 aromatic heterocycles. The maximum atomic E-state index is 11.3. The van der Waals surface area contributed by atoms with Gasteiger partial charge in [0.1, 0.15) is 0 Å². The average molecular weight is 194 g/mol. The average Bonchev–Trinajstić information content (AvgIpc) is 2.55. The number of rotatable bonds is 1. The van der Waals surface area contributed by atoms with Gasteiger partial charge < -0.3 is 9.47 Å². The van der Waals surface area contributed by atoms with Crippen LogP contribution in [0.15, 0.2) is 23.3 Å². The van der Waals surface area contributed by atoms with Gasteiger partial charge in [0.25, 0.3) is 5.79 Å². The Morgan fingerprint density at radius 1 is 1.21 bits per heavy atom. The molecule has 1 unspecified atom stereocenters. The molecule has 0 fully saturated rings. The number of hydrogen-bond acceptors (Lipinski definition) is 4. The molecular formula is C10H10O4. The summed E-state index contributed by atoms with van der Waals surface area (Å²) in [6.07, 6.45) is 3.66. The molecule has 2 aliphatic heterocycles. The zero-order valence-corrected chi connectivity index (χ0v) is 7.99. The second-order valence-electron chi connectivity index (χ2n) is 3.35. The Morgan fingerprint density at radius 2 is 1.86 bits per heavy atom. The molecule has 1 atom stereocenters. The Hall–Kier alpha value is -1.58. The quantitative estimate of drug-likeness (QED) is 0.586. The van der Waals surface area contributed by atoms with Crippen LogP contribution in [0.25, 0.3) is 0 Å². The van der Waals surface area contributed by atoms with Crippen molar-refractivity contribution in [3.63, 3.8) is 0 Å². The molecule has 1 spiro atoms. The van der Waals surface area contributed by atoms with Crippen LogP contribution in [-0.2, 0) is 19.1 Å². The summed E-state index contributed by atoms with van der Waals surface area (Å²) >= 11 is 0. The van der Waals surface area contributed by atoms with Gasteiger partial charge in [-0.25, -0.2) is 9.59 Å². The van der Waals surface area contributed by atoms with E-state index >= 15 is 0 Å². The molecule has 0 aromatic carbocycles. The minimum atomic E-state index is -1.25. The number of carbonyl (C=O) groups is 2. The molecule has 0 saturated heterocycles. The van der Waals surface area contributed by atoms with E-state index in [9.17, 15) is 9.59 Å². The van der Waals surface area contributed by atoms with Gasteiger partial charge in [-0.2, -0.15) is 0 Å². The summed E-state index contributed by atoms with van der Waals surface area (Å²) in [5, 5.41) is 0. The Labute approximate surface area is 81.2 Å². The zero-order chi connectivity index (χ0) is 10.3. The molecule has 0 bridgehead atoms. The highest BCUT2D eigenvalue weighted by Crippen LogP contribution is 2.34. The Balaban J connectivity index is 2.35. The SMILES string of the molecule is CCC1=CC2(C=C(C)C(=O)O2)OC1=O. The van der Waals surface area contributed by atoms with E-state index in [1.165, 1.54) is 6.08 Å². The third kappa shape index (κ3) is 1.14. The summed E-state index contributed by atoms with van der Waals surface area (Å²) in [5.41, 5.74) is 1.01. The summed E-state index contributed by atoms with van der Waals surface area (Å²) in [4.78, 5) is 22.4. The predicted molar refractivity (Wildman–Crippen MR) is 47.0 cm³/mol. The van der Waals surface area contributed by atoms with Crippen LogP contribution in [-0.4, -0.2) is 17.7 Å². The highest BCUT2D eigenvalue weighted by Gasteiger charge is 2.45. The van der Waals surface area contributed by atoms with E-state index in [-0.39, 0.29) is 0 Å². The van der Waals surface area contributed by atoms with Gasteiger partial charge in [-0.1, -0.05) is 6.92 Å². The second-order valence-corrected chi connectivity index (χ2v) is 3.35. The van der Waals surface area contributed by atoms with Crippen molar-refractivity contribution in [3.8, 4) is 0 Å². The number of carbonyl (C=O) groups excluding carboxylic acids is 2. The Morgan fingerprint density at radius 3 is 2.29 bits per heavy atom. The van der Waals surface area contributed by atoms with Crippen molar-refractivity contribution in [1.82, 2.24) is 0 Å². The van der Waals surface area contributed by atoms with Crippen LogP contribution in [0.1, 0.15) is 20.3 Å². The Kier molecular flexibility index (Phi) is 1.74. The van der Waals surface area contributed by atoms with Gasteiger partial charge >= 0.3 is 11.9 Å². The molecule has 0 radical (unpaired) electrons. The minimum absolute atomic E-state index is 0.411. The molecule has 2 rings (SSSR count). The highest BCUT2D eigenvalue weighted by atomic mass is 16.7.